The SMILES string of the molecule is Cl.Clc1ccc(C2=CCNCC2)c(Cl)c1. The molecule has 1 aliphatic heterocycles. The van der Waals surface area contributed by atoms with E-state index < -0.39 is 0 Å². The fourth-order valence-electron chi connectivity index (χ4n) is 1.62. The summed E-state index contributed by atoms with van der Waals surface area (Å²) in [6.07, 6.45) is 3.21. The molecule has 0 saturated heterocycles. The van der Waals surface area contributed by atoms with Crippen LogP contribution in [0, 0.1) is 0 Å². The quantitative estimate of drug-likeness (QED) is 0.814. The van der Waals surface area contributed by atoms with Crippen molar-refractivity contribution in [1.29, 1.82) is 0 Å². The smallest absolute Gasteiger partial charge is 0.0495 e. The van der Waals surface area contributed by atoms with Gasteiger partial charge in [0.25, 0.3) is 0 Å². The topological polar surface area (TPSA) is 12.0 Å². The molecule has 1 nitrogen and oxygen atoms in total. The maximum Gasteiger partial charge on any atom is 0.0495 e. The van der Waals surface area contributed by atoms with Gasteiger partial charge in [0.1, 0.15) is 0 Å². The molecule has 0 aromatic heterocycles. The Hall–Kier alpha value is -0.210. The van der Waals surface area contributed by atoms with Crippen molar-refractivity contribution in [3.63, 3.8) is 0 Å². The number of benzene rings is 1. The highest BCUT2D eigenvalue weighted by Crippen LogP contribution is 2.29. The summed E-state index contributed by atoms with van der Waals surface area (Å²) in [5, 5.41) is 4.70. The summed E-state index contributed by atoms with van der Waals surface area (Å²) in [5.41, 5.74) is 2.42. The third-order valence-corrected chi connectivity index (χ3v) is 2.89. The van der Waals surface area contributed by atoms with Crippen LogP contribution in [0.3, 0.4) is 0 Å². The van der Waals surface area contributed by atoms with Crippen LogP contribution in [-0.4, -0.2) is 13.1 Å². The van der Waals surface area contributed by atoms with Crippen LogP contribution in [-0.2, 0) is 0 Å². The normalized spacial score (nSPS) is 15.5. The van der Waals surface area contributed by atoms with Crippen LogP contribution in [0.5, 0.6) is 0 Å². The zero-order valence-corrected chi connectivity index (χ0v) is 10.4. The second kappa shape index (κ2) is 5.76. The number of hydrogen-bond acceptors (Lipinski definition) is 1. The molecule has 0 atom stereocenters. The van der Waals surface area contributed by atoms with Crippen molar-refractivity contribution in [2.75, 3.05) is 13.1 Å². The van der Waals surface area contributed by atoms with E-state index >= 15 is 0 Å². The Morgan fingerprint density at radius 3 is 2.60 bits per heavy atom. The molecule has 15 heavy (non-hydrogen) atoms. The molecule has 82 valence electrons. The van der Waals surface area contributed by atoms with Crippen molar-refractivity contribution in [3.8, 4) is 0 Å². The molecule has 0 fully saturated rings. The minimum Gasteiger partial charge on any atom is -0.313 e. The number of rotatable bonds is 1. The zero-order valence-electron chi connectivity index (χ0n) is 8.09. The highest BCUT2D eigenvalue weighted by molar-refractivity contribution is 6.35. The van der Waals surface area contributed by atoms with Crippen LogP contribution in [0.25, 0.3) is 5.57 Å². The second-order valence-corrected chi connectivity index (χ2v) is 4.15. The van der Waals surface area contributed by atoms with Crippen molar-refractivity contribution in [2.45, 2.75) is 6.42 Å². The number of halogens is 3. The van der Waals surface area contributed by atoms with Crippen molar-refractivity contribution >= 4 is 41.2 Å². The van der Waals surface area contributed by atoms with Crippen LogP contribution < -0.4 is 5.32 Å². The van der Waals surface area contributed by atoms with Gasteiger partial charge in [0, 0.05) is 16.6 Å². The van der Waals surface area contributed by atoms with Crippen molar-refractivity contribution in [3.05, 3.63) is 39.9 Å². The molecule has 0 saturated carbocycles. The van der Waals surface area contributed by atoms with E-state index in [0.29, 0.717) is 5.02 Å². The van der Waals surface area contributed by atoms with Crippen molar-refractivity contribution in [1.82, 2.24) is 5.32 Å². The van der Waals surface area contributed by atoms with Gasteiger partial charge in [0.15, 0.2) is 0 Å². The minimum atomic E-state index is 0. The van der Waals surface area contributed by atoms with E-state index in [1.165, 1.54) is 5.57 Å². The molecular weight excluding hydrogens is 252 g/mol. The highest BCUT2D eigenvalue weighted by Gasteiger charge is 2.09. The van der Waals surface area contributed by atoms with E-state index in [4.69, 9.17) is 23.2 Å². The number of hydrogen-bond donors (Lipinski definition) is 1. The van der Waals surface area contributed by atoms with E-state index in [2.05, 4.69) is 11.4 Å². The molecule has 0 radical (unpaired) electrons. The Kier molecular flexibility index (Phi) is 4.94. The van der Waals surface area contributed by atoms with Crippen LogP contribution >= 0.6 is 35.6 Å². The molecule has 0 unspecified atom stereocenters. The largest absolute Gasteiger partial charge is 0.313 e. The standard InChI is InChI=1S/C11H11Cl2N.ClH/c12-9-1-2-10(11(13)7-9)8-3-5-14-6-4-8;/h1-3,7,14H,4-6H2;1H. The van der Waals surface area contributed by atoms with Gasteiger partial charge in [-0.15, -0.1) is 12.4 Å². The van der Waals surface area contributed by atoms with E-state index in [0.717, 1.165) is 30.1 Å². The van der Waals surface area contributed by atoms with E-state index in [1.807, 2.05) is 12.1 Å². The van der Waals surface area contributed by atoms with Gasteiger partial charge >= 0.3 is 0 Å². The molecule has 2 rings (SSSR count). The fourth-order valence-corrected chi connectivity index (χ4v) is 2.15. The first-order valence-electron chi connectivity index (χ1n) is 4.62. The Balaban J connectivity index is 0.00000112. The fraction of sp³-hybridized carbons (Fsp3) is 0.273. The van der Waals surface area contributed by atoms with Gasteiger partial charge in [-0.1, -0.05) is 35.3 Å². The molecule has 4 heteroatoms. The third-order valence-electron chi connectivity index (χ3n) is 2.34. The summed E-state index contributed by atoms with van der Waals surface area (Å²) in [7, 11) is 0. The van der Waals surface area contributed by atoms with E-state index in [-0.39, 0.29) is 12.4 Å². The molecule has 1 N–H and O–H groups in total. The van der Waals surface area contributed by atoms with E-state index in [9.17, 15) is 0 Å². The third kappa shape index (κ3) is 3.12. The lowest BCUT2D eigenvalue weighted by Crippen LogP contribution is -2.20. The number of nitrogens with one attached hydrogen (secondary N) is 1. The monoisotopic (exact) mass is 263 g/mol. The van der Waals surface area contributed by atoms with Crippen molar-refractivity contribution < 1.29 is 0 Å². The Bertz CT molecular complexity index is 374. The molecule has 1 heterocycles. The molecule has 0 spiro atoms. The summed E-state index contributed by atoms with van der Waals surface area (Å²) >= 11 is 12.0. The summed E-state index contributed by atoms with van der Waals surface area (Å²) in [6.45, 7) is 1.94. The first-order valence-corrected chi connectivity index (χ1v) is 5.38. The van der Waals surface area contributed by atoms with Gasteiger partial charge in [-0.2, -0.15) is 0 Å². The van der Waals surface area contributed by atoms with Crippen molar-refractivity contribution in [2.24, 2.45) is 0 Å². The Morgan fingerprint density at radius 2 is 2.00 bits per heavy atom. The summed E-state index contributed by atoms with van der Waals surface area (Å²) in [6, 6.07) is 5.66. The molecule has 1 aromatic rings. The maximum absolute atomic E-state index is 6.12. The molecular formula is C11H12Cl3N. The first kappa shape index (κ1) is 12.9. The maximum atomic E-state index is 6.12. The molecule has 0 aliphatic carbocycles. The molecule has 0 amide bonds. The van der Waals surface area contributed by atoms with Crippen LogP contribution in [0.2, 0.25) is 10.0 Å². The summed E-state index contributed by atoms with van der Waals surface area (Å²) < 4.78 is 0. The van der Waals surface area contributed by atoms with Crippen LogP contribution in [0.1, 0.15) is 12.0 Å². The van der Waals surface area contributed by atoms with Gasteiger partial charge in [-0.3, -0.25) is 0 Å². The van der Waals surface area contributed by atoms with Crippen LogP contribution in [0.4, 0.5) is 0 Å². The lowest BCUT2D eigenvalue weighted by Gasteiger charge is -2.15. The Morgan fingerprint density at radius 1 is 1.20 bits per heavy atom. The predicted molar refractivity (Wildman–Crippen MR) is 69.2 cm³/mol. The Labute approximate surface area is 106 Å². The molecule has 1 aliphatic rings. The predicted octanol–water partition coefficient (Wildman–Crippen LogP) is 3.79. The zero-order chi connectivity index (χ0) is 9.97. The lowest BCUT2D eigenvalue weighted by molar-refractivity contribution is 0.738. The van der Waals surface area contributed by atoms with Gasteiger partial charge in [0.05, 0.1) is 0 Å². The van der Waals surface area contributed by atoms with Gasteiger partial charge in [-0.05, 0) is 36.2 Å². The lowest BCUT2D eigenvalue weighted by atomic mass is 10.0. The van der Waals surface area contributed by atoms with Crippen LogP contribution in [0.15, 0.2) is 24.3 Å². The second-order valence-electron chi connectivity index (χ2n) is 3.31. The molecule has 0 bridgehead atoms. The van der Waals surface area contributed by atoms with Gasteiger partial charge in [-0.25, -0.2) is 0 Å². The average Bonchev–Trinajstić information content (AvgIpc) is 2.19. The first-order chi connectivity index (χ1) is 6.77. The summed E-state index contributed by atoms with van der Waals surface area (Å²) in [4.78, 5) is 0. The highest BCUT2D eigenvalue weighted by atomic mass is 35.5. The van der Waals surface area contributed by atoms with Gasteiger partial charge in [0.2, 0.25) is 0 Å². The van der Waals surface area contributed by atoms with E-state index in [1.54, 1.807) is 6.07 Å². The summed E-state index contributed by atoms with van der Waals surface area (Å²) in [5.74, 6) is 0. The molecule has 1 aromatic carbocycles. The minimum absolute atomic E-state index is 0. The van der Waals surface area contributed by atoms with Gasteiger partial charge < -0.3 is 5.32 Å². The average molecular weight is 265 g/mol.